The number of halogens is 2. The Balaban J connectivity index is 3.59. The molecule has 9 heavy (non-hydrogen) atoms. The summed E-state index contributed by atoms with van der Waals surface area (Å²) >= 11 is 10.9. The molecule has 0 spiro atoms. The van der Waals surface area contributed by atoms with Gasteiger partial charge in [-0.25, -0.2) is 0 Å². The fraction of sp³-hybridized carbons (Fsp3) is 0.667. The van der Waals surface area contributed by atoms with Crippen molar-refractivity contribution < 1.29 is 4.74 Å². The van der Waals surface area contributed by atoms with Crippen LogP contribution in [0.5, 0.6) is 0 Å². The minimum absolute atomic E-state index is 0.0748. The summed E-state index contributed by atoms with van der Waals surface area (Å²) in [6.07, 6.45) is -0.0748. The molecule has 0 aliphatic rings. The largest absolute Gasteiger partial charge is 0.373 e. The second-order valence-electron chi connectivity index (χ2n) is 1.59. The first kappa shape index (κ1) is 9.28. The van der Waals surface area contributed by atoms with Gasteiger partial charge >= 0.3 is 0 Å². The van der Waals surface area contributed by atoms with Crippen molar-refractivity contribution in [1.82, 2.24) is 0 Å². The monoisotopic (exact) mass is 168 g/mol. The van der Waals surface area contributed by atoms with E-state index in [1.54, 1.807) is 0 Å². The molecule has 0 aliphatic heterocycles. The molecule has 1 atom stereocenters. The number of hydrogen-bond donors (Lipinski definition) is 0. The van der Waals surface area contributed by atoms with E-state index < -0.39 is 0 Å². The highest BCUT2D eigenvalue weighted by Crippen LogP contribution is 2.11. The average Bonchev–Trinajstić information content (AvgIpc) is 1.87. The number of hydrogen-bond acceptors (Lipinski definition) is 1. The second-order valence-corrected chi connectivity index (χ2v) is 2.25. The topological polar surface area (TPSA) is 9.23 Å². The third-order valence-corrected chi connectivity index (χ3v) is 1.67. The molecule has 0 aromatic carbocycles. The van der Waals surface area contributed by atoms with Crippen molar-refractivity contribution in [3.05, 3.63) is 10.6 Å². The molecule has 0 amide bonds. The summed E-state index contributed by atoms with van der Waals surface area (Å²) in [5.41, 5.74) is 1.32. The maximum absolute atomic E-state index is 5.60. The fourth-order valence-electron chi connectivity index (χ4n) is 0.418. The Morgan fingerprint density at radius 3 is 2.67 bits per heavy atom. The molecule has 0 fully saturated rings. The van der Waals surface area contributed by atoms with Crippen LogP contribution in [0.4, 0.5) is 0 Å². The minimum atomic E-state index is -0.0748. The predicted octanol–water partition coefficient (Wildman–Crippen LogP) is 2.73. The summed E-state index contributed by atoms with van der Waals surface area (Å²) in [7, 11) is 0. The maximum Gasteiger partial charge on any atom is 0.0911 e. The third kappa shape index (κ3) is 3.79. The van der Waals surface area contributed by atoms with Crippen molar-refractivity contribution in [3.8, 4) is 0 Å². The lowest BCUT2D eigenvalue weighted by atomic mass is 10.4. The van der Waals surface area contributed by atoms with E-state index in [-0.39, 0.29) is 6.10 Å². The first-order valence-electron chi connectivity index (χ1n) is 2.79. The Morgan fingerprint density at radius 1 is 1.78 bits per heavy atom. The van der Waals surface area contributed by atoms with Crippen molar-refractivity contribution in [2.24, 2.45) is 0 Å². The molecule has 0 rings (SSSR count). The van der Waals surface area contributed by atoms with Gasteiger partial charge in [-0.2, -0.15) is 0 Å². The zero-order valence-corrected chi connectivity index (χ0v) is 7.04. The summed E-state index contributed by atoms with van der Waals surface area (Å²) in [4.78, 5) is 0. The molecule has 1 nitrogen and oxygen atoms in total. The van der Waals surface area contributed by atoms with Crippen LogP contribution in [-0.2, 0) is 4.74 Å². The average molecular weight is 169 g/mol. The van der Waals surface area contributed by atoms with Gasteiger partial charge in [0.05, 0.1) is 11.1 Å². The molecule has 3 heteroatoms. The quantitative estimate of drug-likeness (QED) is 0.631. The van der Waals surface area contributed by atoms with E-state index in [2.05, 4.69) is 0 Å². The molecule has 0 bridgehead atoms. The van der Waals surface area contributed by atoms with Crippen LogP contribution in [0.1, 0.15) is 13.8 Å². The van der Waals surface area contributed by atoms with Gasteiger partial charge in [0.1, 0.15) is 0 Å². The van der Waals surface area contributed by atoms with Crippen molar-refractivity contribution in [3.63, 3.8) is 0 Å². The Morgan fingerprint density at radius 2 is 2.33 bits per heavy atom. The van der Waals surface area contributed by atoms with E-state index >= 15 is 0 Å². The van der Waals surface area contributed by atoms with E-state index in [4.69, 9.17) is 27.9 Å². The van der Waals surface area contributed by atoms with E-state index in [9.17, 15) is 0 Å². The van der Waals surface area contributed by atoms with Crippen LogP contribution in [0.15, 0.2) is 10.6 Å². The van der Waals surface area contributed by atoms with Gasteiger partial charge in [-0.15, -0.1) is 0 Å². The Kier molecular flexibility index (Phi) is 5.25. The molecule has 0 radical (unpaired) electrons. The third-order valence-electron chi connectivity index (χ3n) is 0.909. The fourth-order valence-corrected chi connectivity index (χ4v) is 0.659. The minimum Gasteiger partial charge on any atom is -0.373 e. The van der Waals surface area contributed by atoms with Crippen molar-refractivity contribution in [1.29, 1.82) is 0 Å². The van der Waals surface area contributed by atoms with Crippen LogP contribution in [0.3, 0.4) is 0 Å². The van der Waals surface area contributed by atoms with Gasteiger partial charge < -0.3 is 4.74 Å². The SMILES string of the molecule is CCOC(C)/C(Cl)=C/Cl. The number of ether oxygens (including phenoxy) is 1. The Labute approximate surface area is 65.6 Å². The highest BCUT2D eigenvalue weighted by molar-refractivity contribution is 6.36. The van der Waals surface area contributed by atoms with Gasteiger partial charge in [-0.3, -0.25) is 0 Å². The van der Waals surface area contributed by atoms with Crippen LogP contribution in [-0.4, -0.2) is 12.7 Å². The summed E-state index contributed by atoms with van der Waals surface area (Å²) in [6, 6.07) is 0. The first-order chi connectivity index (χ1) is 4.22. The molecule has 0 aliphatic carbocycles. The van der Waals surface area contributed by atoms with Gasteiger partial charge in [0.2, 0.25) is 0 Å². The van der Waals surface area contributed by atoms with Gasteiger partial charge in [0.15, 0.2) is 0 Å². The Hall–Kier alpha value is 0.280. The van der Waals surface area contributed by atoms with Crippen molar-refractivity contribution in [2.45, 2.75) is 20.0 Å². The first-order valence-corrected chi connectivity index (χ1v) is 3.61. The van der Waals surface area contributed by atoms with Crippen LogP contribution < -0.4 is 0 Å². The van der Waals surface area contributed by atoms with Gasteiger partial charge in [-0.1, -0.05) is 23.2 Å². The molecular weight excluding hydrogens is 159 g/mol. The number of rotatable bonds is 3. The van der Waals surface area contributed by atoms with E-state index in [1.165, 1.54) is 5.54 Å². The standard InChI is InChI=1S/C6H10Cl2O/c1-3-9-5(2)6(8)4-7/h4-5H,3H2,1-2H3/b6-4-. The van der Waals surface area contributed by atoms with Gasteiger partial charge in [0.25, 0.3) is 0 Å². The summed E-state index contributed by atoms with van der Waals surface area (Å²) in [5, 5.41) is 0.540. The normalized spacial score (nSPS) is 15.8. The summed E-state index contributed by atoms with van der Waals surface area (Å²) in [6.45, 7) is 4.42. The van der Waals surface area contributed by atoms with Crippen LogP contribution >= 0.6 is 23.2 Å². The van der Waals surface area contributed by atoms with Crippen molar-refractivity contribution >= 4 is 23.2 Å². The molecule has 0 saturated carbocycles. The molecule has 0 aromatic heterocycles. The Bertz CT molecular complexity index is 101. The van der Waals surface area contributed by atoms with Crippen molar-refractivity contribution in [2.75, 3.05) is 6.61 Å². The zero-order chi connectivity index (χ0) is 7.28. The lowest BCUT2D eigenvalue weighted by Gasteiger charge is -2.07. The highest BCUT2D eigenvalue weighted by Gasteiger charge is 2.02. The van der Waals surface area contributed by atoms with Gasteiger partial charge in [0, 0.05) is 12.1 Å². The highest BCUT2D eigenvalue weighted by atomic mass is 35.5. The lowest BCUT2D eigenvalue weighted by Crippen LogP contribution is -2.06. The van der Waals surface area contributed by atoms with Crippen LogP contribution in [0.25, 0.3) is 0 Å². The van der Waals surface area contributed by atoms with E-state index in [0.717, 1.165) is 0 Å². The lowest BCUT2D eigenvalue weighted by molar-refractivity contribution is 0.106. The smallest absolute Gasteiger partial charge is 0.0911 e. The molecule has 0 saturated heterocycles. The summed E-state index contributed by atoms with van der Waals surface area (Å²) in [5.74, 6) is 0. The molecule has 0 N–H and O–H groups in total. The van der Waals surface area contributed by atoms with E-state index in [0.29, 0.717) is 11.6 Å². The molecular formula is C6H10Cl2O. The van der Waals surface area contributed by atoms with Gasteiger partial charge in [-0.05, 0) is 13.8 Å². The van der Waals surface area contributed by atoms with Crippen LogP contribution in [0.2, 0.25) is 0 Å². The molecule has 0 aromatic rings. The maximum atomic E-state index is 5.60. The molecule has 0 heterocycles. The molecule has 1 unspecified atom stereocenters. The summed E-state index contributed by atoms with van der Waals surface area (Å²) < 4.78 is 5.11. The van der Waals surface area contributed by atoms with E-state index in [1.807, 2.05) is 13.8 Å². The van der Waals surface area contributed by atoms with Crippen LogP contribution in [0, 0.1) is 0 Å². The predicted molar refractivity (Wildman–Crippen MR) is 40.9 cm³/mol. The zero-order valence-electron chi connectivity index (χ0n) is 5.53. The second kappa shape index (κ2) is 5.10. The molecule has 54 valence electrons.